The number of benzene rings is 1. The van der Waals surface area contributed by atoms with Crippen molar-refractivity contribution in [2.24, 2.45) is 0 Å². The highest BCUT2D eigenvalue weighted by molar-refractivity contribution is 5.31. The molecule has 0 saturated carbocycles. The molecule has 13 heavy (non-hydrogen) atoms. The summed E-state index contributed by atoms with van der Waals surface area (Å²) >= 11 is 0. The van der Waals surface area contributed by atoms with Crippen LogP contribution in [0.3, 0.4) is 0 Å². The highest BCUT2D eigenvalue weighted by atomic mass is 16.3. The molecule has 0 aliphatic rings. The highest BCUT2D eigenvalue weighted by Gasteiger charge is 1.96. The van der Waals surface area contributed by atoms with E-state index < -0.39 is 0 Å². The number of para-hydroxylation sites is 1. The molecular weight excluding hydrogens is 160 g/mol. The lowest BCUT2D eigenvalue weighted by molar-refractivity contribution is 0.467. The van der Waals surface area contributed by atoms with Gasteiger partial charge in [-0.15, -0.1) is 0 Å². The molecule has 0 bridgehead atoms. The van der Waals surface area contributed by atoms with Crippen LogP contribution in [0.5, 0.6) is 5.75 Å². The average Bonchev–Trinajstić information content (AvgIpc) is 2.20. The van der Waals surface area contributed by atoms with Gasteiger partial charge in [0.2, 0.25) is 0 Å². The lowest BCUT2D eigenvalue weighted by atomic mass is 10.1. The molecular formula is C12H20O. The summed E-state index contributed by atoms with van der Waals surface area (Å²) in [6, 6.07) is 7.53. The predicted octanol–water partition coefficient (Wildman–Crippen LogP) is 3.76. The van der Waals surface area contributed by atoms with Crippen molar-refractivity contribution in [2.75, 3.05) is 0 Å². The number of phenolic OH excluding ortho intramolecular Hbond substituents is 1. The Hall–Kier alpha value is -0.980. The van der Waals surface area contributed by atoms with Gasteiger partial charge in [-0.05, 0) is 24.5 Å². The molecule has 0 radical (unpaired) electrons. The predicted molar refractivity (Wildman–Crippen MR) is 58.1 cm³/mol. The highest BCUT2D eigenvalue weighted by Crippen LogP contribution is 2.17. The van der Waals surface area contributed by atoms with Gasteiger partial charge in [0.1, 0.15) is 5.75 Å². The van der Waals surface area contributed by atoms with Crippen molar-refractivity contribution >= 4 is 0 Å². The Balaban J connectivity index is 0.000000671. The number of phenols is 1. The Bertz CT molecular complexity index is 218. The molecule has 0 heterocycles. The molecule has 0 saturated heterocycles. The number of hydrogen-bond donors (Lipinski definition) is 1. The van der Waals surface area contributed by atoms with E-state index in [1.165, 1.54) is 6.42 Å². The normalized spacial score (nSPS) is 8.85. The van der Waals surface area contributed by atoms with Crippen molar-refractivity contribution in [1.82, 2.24) is 0 Å². The van der Waals surface area contributed by atoms with Crippen LogP contribution in [-0.4, -0.2) is 5.11 Å². The van der Waals surface area contributed by atoms with E-state index in [0.29, 0.717) is 5.75 Å². The van der Waals surface area contributed by atoms with Crippen molar-refractivity contribution in [2.45, 2.75) is 40.0 Å². The van der Waals surface area contributed by atoms with Gasteiger partial charge in [0.05, 0.1) is 0 Å². The van der Waals surface area contributed by atoms with E-state index in [-0.39, 0.29) is 0 Å². The van der Waals surface area contributed by atoms with Crippen LogP contribution in [0.1, 0.15) is 39.2 Å². The van der Waals surface area contributed by atoms with Gasteiger partial charge in [0.15, 0.2) is 0 Å². The Morgan fingerprint density at radius 3 is 2.31 bits per heavy atom. The third-order valence-electron chi connectivity index (χ3n) is 1.79. The Labute approximate surface area is 81.4 Å². The van der Waals surface area contributed by atoms with Crippen LogP contribution in [0.2, 0.25) is 0 Å². The minimum atomic E-state index is 0.431. The van der Waals surface area contributed by atoms with Gasteiger partial charge in [-0.1, -0.05) is 45.4 Å². The topological polar surface area (TPSA) is 20.2 Å². The van der Waals surface area contributed by atoms with Crippen LogP contribution >= 0.6 is 0 Å². The summed E-state index contributed by atoms with van der Waals surface area (Å²) < 4.78 is 0. The van der Waals surface area contributed by atoms with E-state index in [2.05, 4.69) is 6.92 Å². The third kappa shape index (κ3) is 4.56. The second kappa shape index (κ2) is 7.66. The van der Waals surface area contributed by atoms with E-state index in [1.807, 2.05) is 32.0 Å². The SMILES string of the molecule is CC.CCCCc1ccccc1O. The van der Waals surface area contributed by atoms with E-state index in [9.17, 15) is 5.11 Å². The van der Waals surface area contributed by atoms with Gasteiger partial charge in [0, 0.05) is 0 Å². The van der Waals surface area contributed by atoms with Crippen molar-refractivity contribution in [3.8, 4) is 5.75 Å². The van der Waals surface area contributed by atoms with Gasteiger partial charge < -0.3 is 5.11 Å². The van der Waals surface area contributed by atoms with Gasteiger partial charge in [0.25, 0.3) is 0 Å². The largest absolute Gasteiger partial charge is 0.508 e. The Kier molecular flexibility index (Phi) is 7.08. The van der Waals surface area contributed by atoms with Gasteiger partial charge in [-0.25, -0.2) is 0 Å². The number of rotatable bonds is 3. The second-order valence-electron chi connectivity index (χ2n) is 2.73. The first-order valence-corrected chi connectivity index (χ1v) is 5.11. The summed E-state index contributed by atoms with van der Waals surface area (Å²) in [4.78, 5) is 0. The zero-order chi connectivity index (χ0) is 10.1. The Morgan fingerprint density at radius 1 is 1.15 bits per heavy atom. The maximum absolute atomic E-state index is 9.34. The van der Waals surface area contributed by atoms with Crippen molar-refractivity contribution < 1.29 is 5.11 Å². The standard InChI is InChI=1S/C10H14O.C2H6/c1-2-3-6-9-7-4-5-8-10(9)11;1-2/h4-5,7-8,11H,2-3,6H2,1H3;1-2H3. The van der Waals surface area contributed by atoms with E-state index in [1.54, 1.807) is 6.07 Å². The van der Waals surface area contributed by atoms with Crippen LogP contribution in [0.25, 0.3) is 0 Å². The minimum Gasteiger partial charge on any atom is -0.508 e. The zero-order valence-electron chi connectivity index (χ0n) is 8.88. The first kappa shape index (κ1) is 12.0. The van der Waals surface area contributed by atoms with E-state index in [0.717, 1.165) is 18.4 Å². The summed E-state index contributed by atoms with van der Waals surface area (Å²) in [5.74, 6) is 0.431. The molecule has 0 amide bonds. The molecule has 1 aromatic carbocycles. The number of unbranched alkanes of at least 4 members (excludes halogenated alkanes) is 1. The second-order valence-corrected chi connectivity index (χ2v) is 2.73. The van der Waals surface area contributed by atoms with Crippen molar-refractivity contribution in [3.63, 3.8) is 0 Å². The summed E-state index contributed by atoms with van der Waals surface area (Å²) in [7, 11) is 0. The minimum absolute atomic E-state index is 0.431. The molecule has 0 unspecified atom stereocenters. The zero-order valence-corrected chi connectivity index (χ0v) is 8.88. The summed E-state index contributed by atoms with van der Waals surface area (Å²) in [5, 5.41) is 9.34. The number of aryl methyl sites for hydroxylation is 1. The first-order chi connectivity index (χ1) is 6.34. The van der Waals surface area contributed by atoms with E-state index in [4.69, 9.17) is 0 Å². The van der Waals surface area contributed by atoms with Crippen LogP contribution in [0, 0.1) is 0 Å². The van der Waals surface area contributed by atoms with Crippen LogP contribution in [0.15, 0.2) is 24.3 Å². The fraction of sp³-hybridized carbons (Fsp3) is 0.500. The van der Waals surface area contributed by atoms with Crippen LogP contribution < -0.4 is 0 Å². The fourth-order valence-corrected chi connectivity index (χ4v) is 1.09. The number of aromatic hydroxyl groups is 1. The van der Waals surface area contributed by atoms with E-state index >= 15 is 0 Å². The van der Waals surface area contributed by atoms with Crippen molar-refractivity contribution in [1.29, 1.82) is 0 Å². The van der Waals surface area contributed by atoms with Crippen LogP contribution in [-0.2, 0) is 6.42 Å². The quantitative estimate of drug-likeness (QED) is 0.751. The molecule has 1 aromatic rings. The summed E-state index contributed by atoms with van der Waals surface area (Å²) in [6.45, 7) is 6.15. The molecule has 1 nitrogen and oxygen atoms in total. The van der Waals surface area contributed by atoms with Crippen LogP contribution in [0.4, 0.5) is 0 Å². The molecule has 1 heteroatoms. The maximum Gasteiger partial charge on any atom is 0.118 e. The smallest absolute Gasteiger partial charge is 0.118 e. The lowest BCUT2D eigenvalue weighted by Gasteiger charge is -2.01. The third-order valence-corrected chi connectivity index (χ3v) is 1.79. The molecule has 0 aromatic heterocycles. The maximum atomic E-state index is 9.34. The first-order valence-electron chi connectivity index (χ1n) is 5.11. The molecule has 0 fully saturated rings. The lowest BCUT2D eigenvalue weighted by Crippen LogP contribution is -1.83. The monoisotopic (exact) mass is 180 g/mol. The van der Waals surface area contributed by atoms with Gasteiger partial charge >= 0.3 is 0 Å². The molecule has 0 spiro atoms. The van der Waals surface area contributed by atoms with Gasteiger partial charge in [-0.3, -0.25) is 0 Å². The summed E-state index contributed by atoms with van der Waals surface area (Å²) in [5.41, 5.74) is 1.06. The average molecular weight is 180 g/mol. The molecule has 74 valence electrons. The molecule has 1 rings (SSSR count). The van der Waals surface area contributed by atoms with Gasteiger partial charge in [-0.2, -0.15) is 0 Å². The molecule has 0 atom stereocenters. The molecule has 0 aliphatic heterocycles. The number of hydrogen-bond acceptors (Lipinski definition) is 1. The molecule has 1 N–H and O–H groups in total. The molecule has 0 aliphatic carbocycles. The Morgan fingerprint density at radius 2 is 1.77 bits per heavy atom. The fourth-order valence-electron chi connectivity index (χ4n) is 1.09. The summed E-state index contributed by atoms with van der Waals surface area (Å²) in [6.07, 6.45) is 3.31. The van der Waals surface area contributed by atoms with Crippen molar-refractivity contribution in [3.05, 3.63) is 29.8 Å².